The smallest absolute Gasteiger partial charge is 0.0162 e. The van der Waals surface area contributed by atoms with Crippen molar-refractivity contribution in [2.75, 3.05) is 13.1 Å². The molecule has 1 aliphatic carbocycles. The summed E-state index contributed by atoms with van der Waals surface area (Å²) >= 11 is 0. The van der Waals surface area contributed by atoms with E-state index in [1.54, 1.807) is 0 Å². The second-order valence-corrected chi connectivity index (χ2v) is 4.21. The minimum Gasteiger partial charge on any atom is -0.329 e. The molecule has 0 aromatic rings. The predicted octanol–water partition coefficient (Wildman–Crippen LogP) is 1.36. The van der Waals surface area contributed by atoms with Gasteiger partial charge in [-0.2, -0.15) is 0 Å². The maximum absolute atomic E-state index is 5.53. The average molecular weight is 170 g/mol. The molecule has 0 heterocycles. The lowest BCUT2D eigenvalue weighted by Gasteiger charge is -2.18. The molecule has 2 heteroatoms. The van der Waals surface area contributed by atoms with E-state index >= 15 is 0 Å². The fourth-order valence-electron chi connectivity index (χ4n) is 1.96. The second kappa shape index (κ2) is 4.83. The molecule has 0 radical (unpaired) electrons. The van der Waals surface area contributed by atoms with Gasteiger partial charge in [0, 0.05) is 12.6 Å². The van der Waals surface area contributed by atoms with E-state index in [0.29, 0.717) is 6.04 Å². The molecule has 0 saturated heterocycles. The predicted molar refractivity (Wildman–Crippen MR) is 53.0 cm³/mol. The maximum Gasteiger partial charge on any atom is 0.0162 e. The van der Waals surface area contributed by atoms with Crippen LogP contribution in [0.5, 0.6) is 0 Å². The van der Waals surface area contributed by atoms with Gasteiger partial charge in [0.05, 0.1) is 0 Å². The van der Waals surface area contributed by atoms with Crippen molar-refractivity contribution in [3.8, 4) is 0 Å². The van der Waals surface area contributed by atoms with Crippen LogP contribution in [-0.2, 0) is 0 Å². The number of nitrogens with one attached hydrogen (secondary N) is 1. The van der Waals surface area contributed by atoms with Crippen LogP contribution in [0.15, 0.2) is 0 Å². The molecule has 1 saturated carbocycles. The van der Waals surface area contributed by atoms with Crippen molar-refractivity contribution >= 4 is 0 Å². The monoisotopic (exact) mass is 170 g/mol. The van der Waals surface area contributed by atoms with E-state index in [2.05, 4.69) is 19.2 Å². The van der Waals surface area contributed by atoms with Crippen molar-refractivity contribution in [1.82, 2.24) is 5.32 Å². The van der Waals surface area contributed by atoms with Gasteiger partial charge in [-0.3, -0.25) is 0 Å². The average Bonchev–Trinajstić information content (AvgIpc) is 2.47. The van der Waals surface area contributed by atoms with Crippen molar-refractivity contribution in [1.29, 1.82) is 0 Å². The molecule has 0 aromatic heterocycles. The molecule has 72 valence electrons. The van der Waals surface area contributed by atoms with Gasteiger partial charge in [0.1, 0.15) is 0 Å². The highest BCUT2D eigenvalue weighted by Gasteiger charge is 2.22. The number of hydrogen-bond donors (Lipinski definition) is 2. The van der Waals surface area contributed by atoms with Crippen LogP contribution in [0.3, 0.4) is 0 Å². The molecule has 12 heavy (non-hydrogen) atoms. The molecule has 2 nitrogen and oxygen atoms in total. The van der Waals surface area contributed by atoms with Crippen molar-refractivity contribution in [3.63, 3.8) is 0 Å². The fourth-order valence-corrected chi connectivity index (χ4v) is 1.96. The summed E-state index contributed by atoms with van der Waals surface area (Å²) in [5.41, 5.74) is 5.53. The first-order valence-electron chi connectivity index (χ1n) is 5.17. The first-order valence-corrected chi connectivity index (χ1v) is 5.17. The Hall–Kier alpha value is -0.0800. The highest BCUT2D eigenvalue weighted by Crippen LogP contribution is 2.30. The van der Waals surface area contributed by atoms with Gasteiger partial charge in [-0.25, -0.2) is 0 Å². The minimum absolute atomic E-state index is 0.484. The third-order valence-electron chi connectivity index (χ3n) is 3.12. The van der Waals surface area contributed by atoms with E-state index in [1.807, 2.05) is 0 Å². The molecule has 0 aromatic carbocycles. The third-order valence-corrected chi connectivity index (χ3v) is 3.12. The van der Waals surface area contributed by atoms with Crippen molar-refractivity contribution < 1.29 is 0 Å². The Bertz CT molecular complexity index is 125. The summed E-state index contributed by atoms with van der Waals surface area (Å²) in [6.45, 7) is 6.44. The Morgan fingerprint density at radius 3 is 2.75 bits per heavy atom. The van der Waals surface area contributed by atoms with Crippen LogP contribution in [0.1, 0.15) is 33.1 Å². The Morgan fingerprint density at radius 1 is 1.50 bits per heavy atom. The molecule has 3 N–H and O–H groups in total. The van der Waals surface area contributed by atoms with Crippen LogP contribution in [0.2, 0.25) is 0 Å². The van der Waals surface area contributed by atoms with Crippen molar-refractivity contribution in [2.24, 2.45) is 17.6 Å². The summed E-state index contributed by atoms with van der Waals surface area (Å²) in [5.74, 6) is 1.82. The summed E-state index contributed by atoms with van der Waals surface area (Å²) in [5, 5.41) is 3.48. The minimum atomic E-state index is 0.484. The standard InChI is InChI=1S/C10H22N2/c1-8-4-3-5-10(8)7-12-9(2)6-11/h8-10,12H,3-7,11H2,1-2H3/t8?,9-,10?/m0/s1. The Labute approximate surface area is 75.9 Å². The molecule has 1 aliphatic rings. The van der Waals surface area contributed by atoms with E-state index in [9.17, 15) is 0 Å². The quantitative estimate of drug-likeness (QED) is 0.668. The highest BCUT2D eigenvalue weighted by atomic mass is 14.9. The highest BCUT2D eigenvalue weighted by molar-refractivity contribution is 4.77. The van der Waals surface area contributed by atoms with Crippen molar-refractivity contribution in [2.45, 2.75) is 39.2 Å². The molecule has 1 fully saturated rings. The lowest BCUT2D eigenvalue weighted by molar-refractivity contribution is 0.374. The molecule has 2 unspecified atom stereocenters. The molecular weight excluding hydrogens is 148 g/mol. The van der Waals surface area contributed by atoms with Crippen LogP contribution in [0.25, 0.3) is 0 Å². The van der Waals surface area contributed by atoms with Gasteiger partial charge < -0.3 is 11.1 Å². The van der Waals surface area contributed by atoms with Gasteiger partial charge in [-0.15, -0.1) is 0 Å². The van der Waals surface area contributed by atoms with Gasteiger partial charge in [-0.05, 0) is 31.7 Å². The zero-order valence-corrected chi connectivity index (χ0v) is 8.34. The lowest BCUT2D eigenvalue weighted by Crippen LogP contribution is -2.37. The van der Waals surface area contributed by atoms with Crippen LogP contribution in [-0.4, -0.2) is 19.1 Å². The van der Waals surface area contributed by atoms with Crippen LogP contribution < -0.4 is 11.1 Å². The van der Waals surface area contributed by atoms with E-state index < -0.39 is 0 Å². The zero-order valence-electron chi connectivity index (χ0n) is 8.34. The molecule has 3 atom stereocenters. The summed E-state index contributed by atoms with van der Waals surface area (Å²) in [6.07, 6.45) is 4.25. The fraction of sp³-hybridized carbons (Fsp3) is 1.00. The zero-order chi connectivity index (χ0) is 8.97. The Kier molecular flexibility index (Phi) is 4.02. The Balaban J connectivity index is 2.13. The first-order chi connectivity index (χ1) is 5.74. The van der Waals surface area contributed by atoms with Crippen LogP contribution >= 0.6 is 0 Å². The SMILES string of the molecule is CC1CCCC1CN[C@@H](C)CN. The van der Waals surface area contributed by atoms with E-state index in [4.69, 9.17) is 5.73 Å². The maximum atomic E-state index is 5.53. The van der Waals surface area contributed by atoms with Gasteiger partial charge in [0.15, 0.2) is 0 Å². The Morgan fingerprint density at radius 2 is 2.25 bits per heavy atom. The van der Waals surface area contributed by atoms with Crippen LogP contribution in [0, 0.1) is 11.8 Å². The summed E-state index contributed by atoms with van der Waals surface area (Å²) in [7, 11) is 0. The molecule has 0 bridgehead atoms. The lowest BCUT2D eigenvalue weighted by atomic mass is 9.98. The van der Waals surface area contributed by atoms with Crippen molar-refractivity contribution in [3.05, 3.63) is 0 Å². The van der Waals surface area contributed by atoms with E-state index in [1.165, 1.54) is 25.8 Å². The van der Waals surface area contributed by atoms with Crippen LogP contribution in [0.4, 0.5) is 0 Å². The largest absolute Gasteiger partial charge is 0.329 e. The molecule has 0 spiro atoms. The molecule has 0 aliphatic heterocycles. The summed E-state index contributed by atoms with van der Waals surface area (Å²) in [4.78, 5) is 0. The van der Waals surface area contributed by atoms with Gasteiger partial charge >= 0.3 is 0 Å². The van der Waals surface area contributed by atoms with Gasteiger partial charge in [0.25, 0.3) is 0 Å². The molecule has 1 rings (SSSR count). The van der Waals surface area contributed by atoms with Gasteiger partial charge in [0.2, 0.25) is 0 Å². The summed E-state index contributed by atoms with van der Waals surface area (Å²) < 4.78 is 0. The number of nitrogens with two attached hydrogens (primary N) is 1. The summed E-state index contributed by atoms with van der Waals surface area (Å²) in [6, 6.07) is 0.484. The van der Waals surface area contributed by atoms with Gasteiger partial charge in [-0.1, -0.05) is 19.8 Å². The second-order valence-electron chi connectivity index (χ2n) is 4.21. The topological polar surface area (TPSA) is 38.0 Å². The van der Waals surface area contributed by atoms with E-state index in [0.717, 1.165) is 18.4 Å². The first kappa shape index (κ1) is 10.0. The number of rotatable bonds is 4. The molecular formula is C10H22N2. The molecule has 0 amide bonds. The number of hydrogen-bond acceptors (Lipinski definition) is 2. The third kappa shape index (κ3) is 2.76. The van der Waals surface area contributed by atoms with E-state index in [-0.39, 0.29) is 0 Å². The normalized spacial score (nSPS) is 32.2.